The summed E-state index contributed by atoms with van der Waals surface area (Å²) in [6.07, 6.45) is 1.45. The number of nitrogens with one attached hydrogen (secondary N) is 1. The van der Waals surface area contributed by atoms with Gasteiger partial charge in [-0.2, -0.15) is 0 Å². The van der Waals surface area contributed by atoms with Gasteiger partial charge in [0, 0.05) is 19.7 Å². The van der Waals surface area contributed by atoms with Gasteiger partial charge < -0.3 is 5.32 Å². The zero-order chi connectivity index (χ0) is 13.1. The Bertz CT molecular complexity index is 579. The predicted molar refractivity (Wildman–Crippen MR) is 65.1 cm³/mol. The first kappa shape index (κ1) is 12.0. The fourth-order valence-corrected chi connectivity index (χ4v) is 1.57. The van der Waals surface area contributed by atoms with Gasteiger partial charge in [0.05, 0.1) is 11.1 Å². The van der Waals surface area contributed by atoms with Crippen LogP contribution in [0.2, 0.25) is 0 Å². The van der Waals surface area contributed by atoms with Gasteiger partial charge in [0.1, 0.15) is 11.5 Å². The number of hydrogen-bond acceptors (Lipinski definition) is 6. The van der Waals surface area contributed by atoms with Crippen LogP contribution in [0.15, 0.2) is 18.3 Å². The van der Waals surface area contributed by atoms with Gasteiger partial charge in [-0.05, 0) is 13.0 Å². The molecule has 1 N–H and O–H groups in total. The number of anilines is 1. The van der Waals surface area contributed by atoms with Gasteiger partial charge in [0.15, 0.2) is 5.69 Å². The molecule has 18 heavy (non-hydrogen) atoms. The minimum Gasteiger partial charge on any atom is -0.370 e. The van der Waals surface area contributed by atoms with E-state index in [1.807, 2.05) is 6.92 Å². The van der Waals surface area contributed by atoms with E-state index in [1.54, 1.807) is 13.1 Å². The van der Waals surface area contributed by atoms with Crippen LogP contribution in [0.5, 0.6) is 0 Å². The predicted octanol–water partition coefficient (Wildman–Crippen LogP) is 1.22. The fraction of sp³-hybridized carbons (Fsp3) is 0.300. The highest BCUT2D eigenvalue weighted by Crippen LogP contribution is 2.28. The number of aryl methyl sites for hydroxylation is 1. The van der Waals surface area contributed by atoms with Gasteiger partial charge in [0.25, 0.3) is 5.69 Å². The summed E-state index contributed by atoms with van der Waals surface area (Å²) in [5.74, 6) is 0.583. The second-order valence-electron chi connectivity index (χ2n) is 3.59. The molecule has 0 bridgehead atoms. The molecule has 2 aromatic rings. The lowest BCUT2D eigenvalue weighted by Crippen LogP contribution is -2.04. The molecule has 94 valence electrons. The molecule has 8 heteroatoms. The SMILES string of the molecule is CCNc1ccc([N+](=O)[O-])c(-c2cnnn2C)n1. The molecule has 0 saturated heterocycles. The quantitative estimate of drug-likeness (QED) is 0.645. The summed E-state index contributed by atoms with van der Waals surface area (Å²) < 4.78 is 1.45. The Morgan fingerprint density at radius 1 is 1.50 bits per heavy atom. The largest absolute Gasteiger partial charge is 0.370 e. The second kappa shape index (κ2) is 4.78. The van der Waals surface area contributed by atoms with Crippen LogP contribution in [-0.2, 0) is 7.05 Å². The van der Waals surface area contributed by atoms with Gasteiger partial charge >= 0.3 is 0 Å². The van der Waals surface area contributed by atoms with Crippen molar-refractivity contribution in [1.82, 2.24) is 20.0 Å². The molecule has 0 aromatic carbocycles. The van der Waals surface area contributed by atoms with Crippen molar-refractivity contribution < 1.29 is 4.92 Å². The van der Waals surface area contributed by atoms with E-state index in [-0.39, 0.29) is 11.4 Å². The van der Waals surface area contributed by atoms with Crippen LogP contribution >= 0.6 is 0 Å². The van der Waals surface area contributed by atoms with Crippen molar-refractivity contribution in [1.29, 1.82) is 0 Å². The highest BCUT2D eigenvalue weighted by Gasteiger charge is 2.20. The molecule has 2 rings (SSSR count). The van der Waals surface area contributed by atoms with E-state index in [2.05, 4.69) is 20.6 Å². The summed E-state index contributed by atoms with van der Waals surface area (Å²) in [5, 5.41) is 21.5. The van der Waals surface area contributed by atoms with Crippen molar-refractivity contribution in [2.75, 3.05) is 11.9 Å². The van der Waals surface area contributed by atoms with Gasteiger partial charge in [-0.3, -0.25) is 10.1 Å². The van der Waals surface area contributed by atoms with Crippen LogP contribution in [0.1, 0.15) is 6.92 Å². The van der Waals surface area contributed by atoms with Gasteiger partial charge in [-0.15, -0.1) is 5.10 Å². The topological polar surface area (TPSA) is 98.8 Å². The number of aromatic nitrogens is 4. The van der Waals surface area contributed by atoms with E-state index < -0.39 is 4.92 Å². The Morgan fingerprint density at radius 3 is 2.83 bits per heavy atom. The maximum Gasteiger partial charge on any atom is 0.297 e. The lowest BCUT2D eigenvalue weighted by molar-refractivity contribution is -0.384. The minimum absolute atomic E-state index is 0.0675. The first-order chi connectivity index (χ1) is 8.63. The maximum atomic E-state index is 11.0. The number of nitrogens with zero attached hydrogens (tertiary/aromatic N) is 5. The van der Waals surface area contributed by atoms with Crippen LogP contribution < -0.4 is 5.32 Å². The van der Waals surface area contributed by atoms with Crippen LogP contribution in [0, 0.1) is 10.1 Å². The van der Waals surface area contributed by atoms with Crippen LogP contribution in [0.25, 0.3) is 11.4 Å². The van der Waals surface area contributed by atoms with Crippen LogP contribution in [-0.4, -0.2) is 31.4 Å². The zero-order valence-corrected chi connectivity index (χ0v) is 9.99. The molecular formula is C10H12N6O2. The third-order valence-corrected chi connectivity index (χ3v) is 2.39. The highest BCUT2D eigenvalue weighted by molar-refractivity contribution is 5.68. The Hall–Kier alpha value is -2.51. The fourth-order valence-electron chi connectivity index (χ4n) is 1.57. The van der Waals surface area contributed by atoms with Gasteiger partial charge in [-0.1, -0.05) is 5.21 Å². The second-order valence-corrected chi connectivity index (χ2v) is 3.59. The van der Waals surface area contributed by atoms with Gasteiger partial charge in [-0.25, -0.2) is 9.67 Å². The monoisotopic (exact) mass is 248 g/mol. The van der Waals surface area contributed by atoms with Crippen molar-refractivity contribution in [2.24, 2.45) is 7.05 Å². The summed E-state index contributed by atoms with van der Waals surface area (Å²) >= 11 is 0. The van der Waals surface area contributed by atoms with Crippen molar-refractivity contribution in [3.63, 3.8) is 0 Å². The molecule has 0 aliphatic carbocycles. The molecule has 2 aromatic heterocycles. The molecule has 0 aliphatic rings. The normalized spacial score (nSPS) is 10.3. The molecule has 0 atom stereocenters. The van der Waals surface area contributed by atoms with Crippen molar-refractivity contribution >= 4 is 11.5 Å². The van der Waals surface area contributed by atoms with Crippen molar-refractivity contribution in [2.45, 2.75) is 6.92 Å². The molecule has 0 amide bonds. The lowest BCUT2D eigenvalue weighted by Gasteiger charge is -2.06. The first-order valence-corrected chi connectivity index (χ1v) is 5.38. The highest BCUT2D eigenvalue weighted by atomic mass is 16.6. The summed E-state index contributed by atoms with van der Waals surface area (Å²) in [6.45, 7) is 2.61. The molecule has 0 unspecified atom stereocenters. The standard InChI is InChI=1S/C10H12N6O2/c1-3-11-9-5-4-7(16(17)18)10(13-9)8-6-12-14-15(8)2/h4-6H,3H2,1-2H3,(H,11,13). The summed E-state index contributed by atoms with van der Waals surface area (Å²) in [6, 6.07) is 3.00. The third-order valence-electron chi connectivity index (χ3n) is 2.39. The molecule has 0 aliphatic heterocycles. The van der Waals surface area contributed by atoms with Gasteiger partial charge in [0.2, 0.25) is 0 Å². The molecule has 0 fully saturated rings. The number of pyridine rings is 1. The van der Waals surface area contributed by atoms with E-state index in [0.717, 1.165) is 0 Å². The lowest BCUT2D eigenvalue weighted by atomic mass is 10.2. The van der Waals surface area contributed by atoms with E-state index in [0.29, 0.717) is 18.1 Å². The van der Waals surface area contributed by atoms with Crippen LogP contribution in [0.4, 0.5) is 11.5 Å². The molecule has 0 radical (unpaired) electrons. The number of nitro groups is 1. The molecule has 0 saturated carbocycles. The summed E-state index contributed by atoms with van der Waals surface area (Å²) in [4.78, 5) is 14.8. The van der Waals surface area contributed by atoms with E-state index in [9.17, 15) is 10.1 Å². The molecule has 0 spiro atoms. The van der Waals surface area contributed by atoms with E-state index >= 15 is 0 Å². The maximum absolute atomic E-state index is 11.0. The molecule has 2 heterocycles. The van der Waals surface area contributed by atoms with E-state index in [1.165, 1.54) is 16.9 Å². The van der Waals surface area contributed by atoms with Crippen LogP contribution in [0.3, 0.4) is 0 Å². The van der Waals surface area contributed by atoms with Crippen molar-refractivity contribution in [3.05, 3.63) is 28.4 Å². The Kier molecular flexibility index (Phi) is 3.18. The minimum atomic E-state index is -0.467. The van der Waals surface area contributed by atoms with Crippen molar-refractivity contribution in [3.8, 4) is 11.4 Å². The Labute approximate surface area is 103 Å². The zero-order valence-electron chi connectivity index (χ0n) is 9.99. The Morgan fingerprint density at radius 2 is 2.28 bits per heavy atom. The van der Waals surface area contributed by atoms with E-state index in [4.69, 9.17) is 0 Å². The smallest absolute Gasteiger partial charge is 0.297 e. The average molecular weight is 248 g/mol. The summed E-state index contributed by atoms with van der Waals surface area (Å²) in [7, 11) is 1.66. The average Bonchev–Trinajstić information content (AvgIpc) is 2.75. The number of hydrogen-bond donors (Lipinski definition) is 1. The molecule has 8 nitrogen and oxygen atoms in total. The molecular weight excluding hydrogens is 236 g/mol. The third kappa shape index (κ3) is 2.12. The number of rotatable bonds is 4. The Balaban J connectivity index is 2.58. The first-order valence-electron chi connectivity index (χ1n) is 5.38. The summed E-state index contributed by atoms with van der Waals surface area (Å²) in [5.41, 5.74) is 0.689.